The molecule has 3 N–H and O–H groups in total. The number of rotatable bonds is 6. The second-order valence-corrected chi connectivity index (χ2v) is 7.51. The molecule has 0 bridgehead atoms. The van der Waals surface area contributed by atoms with E-state index in [2.05, 4.69) is 18.6 Å². The second-order valence-electron chi connectivity index (χ2n) is 5.70. The molecule has 1 rings (SSSR count). The van der Waals surface area contributed by atoms with Gasteiger partial charge in [-0.05, 0) is 44.1 Å². The number of nitrogens with zero attached hydrogens (tertiary/aromatic N) is 1. The Hall–Kier alpha value is -0.170. The molecule has 0 radical (unpaired) electrons. The summed E-state index contributed by atoms with van der Waals surface area (Å²) in [7, 11) is -1.75. The fraction of sp³-hybridized carbons (Fsp3) is 1.00. The molecule has 18 heavy (non-hydrogen) atoms. The largest absolute Gasteiger partial charge is 0.330 e. The molecule has 0 aromatic carbocycles. The number of hydrogen-bond donors (Lipinski definition) is 2. The summed E-state index contributed by atoms with van der Waals surface area (Å²) < 4.78 is 28.4. The van der Waals surface area contributed by atoms with Crippen molar-refractivity contribution in [3.63, 3.8) is 0 Å². The van der Waals surface area contributed by atoms with Crippen LogP contribution in [0.2, 0.25) is 0 Å². The third kappa shape index (κ3) is 4.84. The maximum atomic E-state index is 12.1. The topological polar surface area (TPSA) is 75.4 Å². The zero-order chi connectivity index (χ0) is 13.8. The van der Waals surface area contributed by atoms with Crippen molar-refractivity contribution in [1.82, 2.24) is 9.03 Å². The highest BCUT2D eigenvalue weighted by molar-refractivity contribution is 7.87. The Morgan fingerprint density at radius 2 is 1.78 bits per heavy atom. The fourth-order valence-electron chi connectivity index (χ4n) is 2.78. The smallest absolute Gasteiger partial charge is 0.279 e. The Kier molecular flexibility index (Phi) is 6.04. The van der Waals surface area contributed by atoms with Gasteiger partial charge in [-0.3, -0.25) is 0 Å². The third-order valence-electron chi connectivity index (χ3n) is 3.58. The van der Waals surface area contributed by atoms with E-state index in [4.69, 9.17) is 5.73 Å². The molecule has 108 valence electrons. The molecule has 2 unspecified atom stereocenters. The average Bonchev–Trinajstić information content (AvgIpc) is 2.23. The van der Waals surface area contributed by atoms with Gasteiger partial charge in [0, 0.05) is 19.6 Å². The summed E-state index contributed by atoms with van der Waals surface area (Å²) in [5, 5.41) is 0. The first-order valence-electron chi connectivity index (χ1n) is 6.78. The minimum atomic E-state index is -3.35. The maximum absolute atomic E-state index is 12.1. The van der Waals surface area contributed by atoms with Crippen LogP contribution >= 0.6 is 0 Å². The molecule has 1 fully saturated rings. The standard InChI is InChI=1S/C12H27N3O2S/c1-10-7-11(2)9-12(8-10)14-18(16,17)15(3)6-4-5-13/h10-12,14H,4-9,13H2,1-3H3. The summed E-state index contributed by atoms with van der Waals surface area (Å²) in [6.07, 6.45) is 3.76. The van der Waals surface area contributed by atoms with E-state index in [9.17, 15) is 8.42 Å². The lowest BCUT2D eigenvalue weighted by atomic mass is 9.81. The van der Waals surface area contributed by atoms with Gasteiger partial charge in [-0.15, -0.1) is 0 Å². The molecular weight excluding hydrogens is 250 g/mol. The van der Waals surface area contributed by atoms with Gasteiger partial charge in [0.15, 0.2) is 0 Å². The minimum absolute atomic E-state index is 0.0778. The monoisotopic (exact) mass is 277 g/mol. The van der Waals surface area contributed by atoms with Crippen LogP contribution < -0.4 is 10.5 Å². The van der Waals surface area contributed by atoms with E-state index in [-0.39, 0.29) is 6.04 Å². The Bertz CT molecular complexity index is 335. The summed E-state index contributed by atoms with van der Waals surface area (Å²) in [5.41, 5.74) is 5.40. The number of nitrogens with two attached hydrogens (primary N) is 1. The minimum Gasteiger partial charge on any atom is -0.330 e. The zero-order valence-electron chi connectivity index (χ0n) is 11.7. The Morgan fingerprint density at radius 3 is 2.28 bits per heavy atom. The van der Waals surface area contributed by atoms with Crippen molar-refractivity contribution >= 4 is 10.2 Å². The van der Waals surface area contributed by atoms with Crippen LogP contribution in [-0.4, -0.2) is 38.9 Å². The predicted molar refractivity (Wildman–Crippen MR) is 74.3 cm³/mol. The highest BCUT2D eigenvalue weighted by Gasteiger charge is 2.28. The molecule has 0 heterocycles. The highest BCUT2D eigenvalue weighted by Crippen LogP contribution is 2.28. The highest BCUT2D eigenvalue weighted by atomic mass is 32.2. The van der Waals surface area contributed by atoms with E-state index in [0.29, 0.717) is 31.3 Å². The van der Waals surface area contributed by atoms with Crippen molar-refractivity contribution in [3.05, 3.63) is 0 Å². The van der Waals surface area contributed by atoms with Crippen LogP contribution in [0.5, 0.6) is 0 Å². The van der Waals surface area contributed by atoms with Gasteiger partial charge in [0.05, 0.1) is 0 Å². The fourth-order valence-corrected chi connectivity index (χ4v) is 3.94. The van der Waals surface area contributed by atoms with Crippen molar-refractivity contribution in [1.29, 1.82) is 0 Å². The lowest BCUT2D eigenvalue weighted by Crippen LogP contribution is -2.46. The van der Waals surface area contributed by atoms with Crippen molar-refractivity contribution < 1.29 is 8.42 Å². The van der Waals surface area contributed by atoms with Gasteiger partial charge in [-0.2, -0.15) is 17.4 Å². The van der Waals surface area contributed by atoms with E-state index in [1.165, 1.54) is 10.7 Å². The van der Waals surface area contributed by atoms with Crippen LogP contribution in [0.25, 0.3) is 0 Å². The van der Waals surface area contributed by atoms with Gasteiger partial charge in [-0.1, -0.05) is 13.8 Å². The molecule has 1 aliphatic carbocycles. The molecule has 0 saturated heterocycles. The molecule has 6 heteroatoms. The molecule has 1 saturated carbocycles. The summed E-state index contributed by atoms with van der Waals surface area (Å²) in [4.78, 5) is 0. The summed E-state index contributed by atoms with van der Waals surface area (Å²) in [5.74, 6) is 1.19. The van der Waals surface area contributed by atoms with Crippen LogP contribution in [0, 0.1) is 11.8 Å². The van der Waals surface area contributed by atoms with Crippen molar-refractivity contribution in [2.45, 2.75) is 45.6 Å². The lowest BCUT2D eigenvalue weighted by molar-refractivity contribution is 0.255. The van der Waals surface area contributed by atoms with Crippen LogP contribution in [0.4, 0.5) is 0 Å². The lowest BCUT2D eigenvalue weighted by Gasteiger charge is -2.32. The third-order valence-corrected chi connectivity index (χ3v) is 5.22. The van der Waals surface area contributed by atoms with Crippen LogP contribution in [-0.2, 0) is 10.2 Å². The van der Waals surface area contributed by atoms with E-state index in [0.717, 1.165) is 12.8 Å². The molecule has 0 aliphatic heterocycles. The molecule has 0 amide bonds. The second kappa shape index (κ2) is 6.84. The number of nitrogens with one attached hydrogen (secondary N) is 1. The maximum Gasteiger partial charge on any atom is 0.279 e. The summed E-state index contributed by atoms with van der Waals surface area (Å²) in [6, 6.07) is 0.0778. The summed E-state index contributed by atoms with van der Waals surface area (Å²) >= 11 is 0. The van der Waals surface area contributed by atoms with Crippen LogP contribution in [0.3, 0.4) is 0 Å². The molecule has 0 spiro atoms. The van der Waals surface area contributed by atoms with Crippen molar-refractivity contribution in [2.75, 3.05) is 20.1 Å². The Morgan fingerprint density at radius 1 is 1.22 bits per heavy atom. The van der Waals surface area contributed by atoms with Crippen molar-refractivity contribution in [2.24, 2.45) is 17.6 Å². The first-order valence-corrected chi connectivity index (χ1v) is 8.22. The van der Waals surface area contributed by atoms with Crippen molar-refractivity contribution in [3.8, 4) is 0 Å². The SMILES string of the molecule is CC1CC(C)CC(NS(=O)(=O)N(C)CCCN)C1. The normalized spacial score (nSPS) is 29.7. The van der Waals surface area contributed by atoms with Gasteiger partial charge in [0.25, 0.3) is 10.2 Å². The summed E-state index contributed by atoms with van der Waals surface area (Å²) in [6.45, 7) is 5.37. The van der Waals surface area contributed by atoms with E-state index < -0.39 is 10.2 Å². The number of hydrogen-bond acceptors (Lipinski definition) is 3. The van der Waals surface area contributed by atoms with Gasteiger partial charge in [0.2, 0.25) is 0 Å². The van der Waals surface area contributed by atoms with Gasteiger partial charge in [-0.25, -0.2) is 0 Å². The molecule has 0 aromatic heterocycles. The van der Waals surface area contributed by atoms with Gasteiger partial charge in [0.1, 0.15) is 0 Å². The zero-order valence-corrected chi connectivity index (χ0v) is 12.5. The van der Waals surface area contributed by atoms with Gasteiger partial charge < -0.3 is 5.73 Å². The molecule has 1 aliphatic rings. The van der Waals surface area contributed by atoms with E-state index in [1.54, 1.807) is 7.05 Å². The van der Waals surface area contributed by atoms with Gasteiger partial charge >= 0.3 is 0 Å². The Labute approximate surface area is 111 Å². The quantitative estimate of drug-likeness (QED) is 0.758. The molecule has 0 aromatic rings. The molecule has 5 nitrogen and oxygen atoms in total. The van der Waals surface area contributed by atoms with Crippen LogP contribution in [0.1, 0.15) is 39.5 Å². The van der Waals surface area contributed by atoms with E-state index >= 15 is 0 Å². The average molecular weight is 277 g/mol. The molecular formula is C12H27N3O2S. The van der Waals surface area contributed by atoms with Crippen LogP contribution in [0.15, 0.2) is 0 Å². The Balaban J connectivity index is 2.54. The first kappa shape index (κ1) is 15.9. The molecule has 2 atom stereocenters. The van der Waals surface area contributed by atoms with E-state index in [1.807, 2.05) is 0 Å². The first-order chi connectivity index (χ1) is 8.35. The predicted octanol–water partition coefficient (Wildman–Crippen LogP) is 0.926.